The molecule has 2 aromatic rings. The molecule has 20 heavy (non-hydrogen) atoms. The van der Waals surface area contributed by atoms with Crippen LogP contribution in [-0.2, 0) is 6.54 Å². The van der Waals surface area contributed by atoms with Crippen LogP contribution in [0, 0.1) is 6.92 Å². The number of nitrogens with two attached hydrogens (primary N) is 1. The number of benzene rings is 1. The Kier molecular flexibility index (Phi) is 4.53. The molecule has 104 valence electrons. The maximum absolute atomic E-state index is 5.73. The molecule has 2 rings (SSSR count). The lowest BCUT2D eigenvalue weighted by Crippen LogP contribution is -2.13. The van der Waals surface area contributed by atoms with Gasteiger partial charge in [0.25, 0.3) is 0 Å². The fourth-order valence-corrected chi connectivity index (χ4v) is 2.03. The summed E-state index contributed by atoms with van der Waals surface area (Å²) in [7, 11) is 1.60. The smallest absolute Gasteiger partial charge is 0.212 e. The van der Waals surface area contributed by atoms with Crippen molar-refractivity contribution in [3.8, 4) is 5.88 Å². The van der Waals surface area contributed by atoms with E-state index in [1.165, 1.54) is 0 Å². The molecule has 5 heteroatoms. The minimum Gasteiger partial charge on any atom is -0.481 e. The third-order valence-electron chi connectivity index (χ3n) is 2.93. The summed E-state index contributed by atoms with van der Waals surface area (Å²) in [6, 6.07) is 9.77. The van der Waals surface area contributed by atoms with Gasteiger partial charge in [-0.2, -0.15) is 0 Å². The molecule has 1 aromatic carbocycles. The van der Waals surface area contributed by atoms with Crippen molar-refractivity contribution in [2.75, 3.05) is 12.4 Å². The second-order valence-corrected chi connectivity index (χ2v) is 4.92. The Bertz CT molecular complexity index is 611. The van der Waals surface area contributed by atoms with Crippen LogP contribution in [0.25, 0.3) is 0 Å². The zero-order valence-electron chi connectivity index (χ0n) is 11.5. The zero-order chi connectivity index (χ0) is 14.5. The Labute approximate surface area is 124 Å². The maximum atomic E-state index is 5.73. The first-order valence-electron chi connectivity index (χ1n) is 6.23. The van der Waals surface area contributed by atoms with Gasteiger partial charge in [-0.15, -0.1) is 0 Å². The number of nitrogens with one attached hydrogen (secondary N) is 1. The summed E-state index contributed by atoms with van der Waals surface area (Å²) in [5, 5.41) is 3.34. The second-order valence-electron chi connectivity index (χ2n) is 4.48. The number of hydrogen-bond acceptors (Lipinski definition) is 4. The largest absolute Gasteiger partial charge is 0.481 e. The number of aryl methyl sites for hydroxylation is 1. The van der Waals surface area contributed by atoms with Crippen LogP contribution in [0.2, 0.25) is 0 Å². The van der Waals surface area contributed by atoms with Gasteiger partial charge in [0, 0.05) is 30.1 Å². The number of anilines is 1. The fraction of sp³-hybridized carbons (Fsp3) is 0.200. The summed E-state index contributed by atoms with van der Waals surface area (Å²) >= 11 is 5.07. The molecule has 1 aromatic heterocycles. The summed E-state index contributed by atoms with van der Waals surface area (Å²) in [5.41, 5.74) is 9.74. The Morgan fingerprint density at radius 3 is 2.75 bits per heavy atom. The van der Waals surface area contributed by atoms with Gasteiger partial charge in [0.15, 0.2) is 0 Å². The molecule has 0 radical (unpaired) electrons. The Morgan fingerprint density at radius 1 is 1.35 bits per heavy atom. The number of hydrogen-bond donors (Lipinski definition) is 2. The average Bonchev–Trinajstić information content (AvgIpc) is 2.45. The number of ether oxygens (including phenoxy) is 1. The van der Waals surface area contributed by atoms with Crippen LogP contribution in [0.3, 0.4) is 0 Å². The van der Waals surface area contributed by atoms with E-state index >= 15 is 0 Å². The van der Waals surface area contributed by atoms with Gasteiger partial charge < -0.3 is 15.8 Å². The van der Waals surface area contributed by atoms with E-state index in [-0.39, 0.29) is 0 Å². The van der Waals surface area contributed by atoms with Crippen molar-refractivity contribution in [1.29, 1.82) is 0 Å². The van der Waals surface area contributed by atoms with E-state index in [0.717, 1.165) is 22.4 Å². The topological polar surface area (TPSA) is 60.2 Å². The summed E-state index contributed by atoms with van der Waals surface area (Å²) in [4.78, 5) is 4.56. The SMILES string of the molecule is COc1ccc(CNc2cc(C)ccc2C(N)=S)cn1. The van der Waals surface area contributed by atoms with E-state index < -0.39 is 0 Å². The fourth-order valence-electron chi connectivity index (χ4n) is 1.85. The molecule has 0 saturated heterocycles. The third-order valence-corrected chi connectivity index (χ3v) is 3.15. The quantitative estimate of drug-likeness (QED) is 0.828. The summed E-state index contributed by atoms with van der Waals surface area (Å²) in [6.45, 7) is 2.68. The van der Waals surface area contributed by atoms with E-state index in [1.54, 1.807) is 13.3 Å². The van der Waals surface area contributed by atoms with Gasteiger partial charge in [0.2, 0.25) is 5.88 Å². The van der Waals surface area contributed by atoms with Crippen LogP contribution in [0.4, 0.5) is 5.69 Å². The van der Waals surface area contributed by atoms with Crippen molar-refractivity contribution in [3.05, 3.63) is 53.2 Å². The standard InChI is InChI=1S/C15H17N3OS/c1-10-3-5-12(15(16)20)13(7-10)17-8-11-4-6-14(19-2)18-9-11/h3-7,9,17H,8H2,1-2H3,(H2,16,20). The van der Waals surface area contributed by atoms with E-state index in [4.69, 9.17) is 22.7 Å². The number of rotatable bonds is 5. The van der Waals surface area contributed by atoms with Crippen LogP contribution in [0.15, 0.2) is 36.5 Å². The van der Waals surface area contributed by atoms with Crippen LogP contribution < -0.4 is 15.8 Å². The molecule has 0 fully saturated rings. The van der Waals surface area contributed by atoms with Gasteiger partial charge in [-0.25, -0.2) is 4.98 Å². The molecule has 1 heterocycles. The molecule has 0 bridgehead atoms. The van der Waals surface area contributed by atoms with Gasteiger partial charge >= 0.3 is 0 Å². The van der Waals surface area contributed by atoms with Crippen LogP contribution in [0.1, 0.15) is 16.7 Å². The first-order valence-corrected chi connectivity index (χ1v) is 6.64. The monoisotopic (exact) mass is 287 g/mol. The van der Waals surface area contributed by atoms with Gasteiger partial charge in [0.05, 0.1) is 7.11 Å². The van der Waals surface area contributed by atoms with Crippen LogP contribution >= 0.6 is 12.2 Å². The molecule has 0 aliphatic carbocycles. The highest BCUT2D eigenvalue weighted by Gasteiger charge is 2.05. The first-order chi connectivity index (χ1) is 9.60. The highest BCUT2D eigenvalue weighted by Crippen LogP contribution is 2.18. The van der Waals surface area contributed by atoms with E-state index in [1.807, 2.05) is 37.3 Å². The summed E-state index contributed by atoms with van der Waals surface area (Å²) in [5.74, 6) is 0.605. The van der Waals surface area contributed by atoms with Crippen molar-refractivity contribution in [2.24, 2.45) is 5.73 Å². The molecule has 0 aliphatic rings. The van der Waals surface area contributed by atoms with Crippen LogP contribution in [0.5, 0.6) is 5.88 Å². The highest BCUT2D eigenvalue weighted by molar-refractivity contribution is 7.80. The lowest BCUT2D eigenvalue weighted by molar-refractivity contribution is 0.397. The minimum atomic E-state index is 0.389. The molecule has 0 saturated carbocycles. The zero-order valence-corrected chi connectivity index (χ0v) is 12.3. The molecule has 0 amide bonds. The van der Waals surface area contributed by atoms with Gasteiger partial charge in [-0.3, -0.25) is 0 Å². The van der Waals surface area contributed by atoms with E-state index in [2.05, 4.69) is 10.3 Å². The van der Waals surface area contributed by atoms with E-state index in [0.29, 0.717) is 17.4 Å². The number of nitrogens with zero attached hydrogens (tertiary/aromatic N) is 1. The van der Waals surface area contributed by atoms with Crippen molar-refractivity contribution >= 4 is 22.9 Å². The Morgan fingerprint density at radius 2 is 2.15 bits per heavy atom. The molecule has 0 unspecified atom stereocenters. The number of thiocarbonyl (C=S) groups is 1. The lowest BCUT2D eigenvalue weighted by atomic mass is 10.1. The van der Waals surface area contributed by atoms with Crippen LogP contribution in [-0.4, -0.2) is 17.1 Å². The minimum absolute atomic E-state index is 0.389. The number of methoxy groups -OCH3 is 1. The lowest BCUT2D eigenvalue weighted by Gasteiger charge is -2.12. The Balaban J connectivity index is 2.13. The normalized spacial score (nSPS) is 10.1. The Hall–Kier alpha value is -2.14. The summed E-state index contributed by atoms with van der Waals surface area (Å²) < 4.78 is 5.03. The molecule has 0 atom stereocenters. The molecule has 3 N–H and O–H groups in total. The van der Waals surface area contributed by atoms with Gasteiger partial charge in [0.1, 0.15) is 4.99 Å². The van der Waals surface area contributed by atoms with Crippen molar-refractivity contribution in [3.63, 3.8) is 0 Å². The molecular formula is C15H17N3OS. The predicted molar refractivity (Wildman–Crippen MR) is 85.2 cm³/mol. The van der Waals surface area contributed by atoms with E-state index in [9.17, 15) is 0 Å². The second kappa shape index (κ2) is 6.34. The van der Waals surface area contributed by atoms with Gasteiger partial charge in [-0.1, -0.05) is 24.4 Å². The van der Waals surface area contributed by atoms with Gasteiger partial charge in [-0.05, 0) is 30.2 Å². The van der Waals surface area contributed by atoms with Crippen molar-refractivity contribution in [2.45, 2.75) is 13.5 Å². The molecule has 0 spiro atoms. The third kappa shape index (κ3) is 3.45. The predicted octanol–water partition coefficient (Wildman–Crippen LogP) is 2.64. The molecular weight excluding hydrogens is 270 g/mol. The van der Waals surface area contributed by atoms with Crippen molar-refractivity contribution in [1.82, 2.24) is 4.98 Å². The summed E-state index contributed by atoms with van der Waals surface area (Å²) in [6.07, 6.45) is 1.78. The number of aromatic nitrogens is 1. The molecule has 0 aliphatic heterocycles. The molecule has 4 nitrogen and oxygen atoms in total. The number of pyridine rings is 1. The first kappa shape index (κ1) is 14.3. The average molecular weight is 287 g/mol. The highest BCUT2D eigenvalue weighted by atomic mass is 32.1. The van der Waals surface area contributed by atoms with Crippen molar-refractivity contribution < 1.29 is 4.74 Å². The maximum Gasteiger partial charge on any atom is 0.212 e.